The number of amides is 4. The molecule has 0 unspecified atom stereocenters. The molecule has 31 heavy (non-hydrogen) atoms. The molecule has 2 fully saturated rings. The summed E-state index contributed by atoms with van der Waals surface area (Å²) in [6.07, 6.45) is 4.28. The van der Waals surface area contributed by atoms with E-state index in [1.54, 1.807) is 37.5 Å². The maximum Gasteiger partial charge on any atom is 0.328 e. The van der Waals surface area contributed by atoms with Gasteiger partial charge in [0.2, 0.25) is 11.9 Å². The normalized spacial score (nSPS) is 18.1. The van der Waals surface area contributed by atoms with Crippen LogP contribution in [0, 0.1) is 0 Å². The first-order valence-electron chi connectivity index (χ1n) is 10.3. The zero-order valence-corrected chi connectivity index (χ0v) is 17.8. The Bertz CT molecular complexity index is 958. The van der Waals surface area contributed by atoms with E-state index in [1.165, 1.54) is 4.90 Å². The van der Waals surface area contributed by atoms with Crippen LogP contribution in [-0.4, -0.2) is 81.8 Å². The van der Waals surface area contributed by atoms with E-state index in [0.29, 0.717) is 38.4 Å². The number of aromatic nitrogens is 2. The van der Waals surface area contributed by atoms with Crippen molar-refractivity contribution < 1.29 is 14.4 Å². The second-order valence-corrected chi connectivity index (χ2v) is 8.10. The molecule has 0 atom stereocenters. The Labute approximate surface area is 181 Å². The molecule has 9 nitrogen and oxygen atoms in total. The molecule has 0 saturated carbocycles. The number of imide groups is 1. The van der Waals surface area contributed by atoms with E-state index < -0.39 is 11.6 Å². The number of hydrogen-bond acceptors (Lipinski definition) is 6. The van der Waals surface area contributed by atoms with Crippen molar-refractivity contribution in [1.29, 1.82) is 0 Å². The third-order valence-electron chi connectivity index (χ3n) is 6.02. The molecule has 4 rings (SSSR count). The molecule has 3 heterocycles. The zero-order valence-electron chi connectivity index (χ0n) is 17.8. The van der Waals surface area contributed by atoms with E-state index in [4.69, 9.17) is 0 Å². The number of likely N-dealkylation sites (N-methyl/N-ethyl adjacent to an activating group) is 1. The van der Waals surface area contributed by atoms with Crippen molar-refractivity contribution in [3.63, 3.8) is 0 Å². The second kappa shape index (κ2) is 8.33. The molecule has 0 aliphatic carbocycles. The highest BCUT2D eigenvalue weighted by atomic mass is 16.2. The second-order valence-electron chi connectivity index (χ2n) is 8.10. The highest BCUT2D eigenvalue weighted by molar-refractivity contribution is 6.09. The topological polar surface area (TPSA) is 90.0 Å². The summed E-state index contributed by atoms with van der Waals surface area (Å²) in [5, 5.41) is 0. The van der Waals surface area contributed by atoms with Crippen molar-refractivity contribution in [3.8, 4) is 0 Å². The number of anilines is 1. The molecule has 2 saturated heterocycles. The summed E-state index contributed by atoms with van der Waals surface area (Å²) >= 11 is 0. The molecule has 1 aromatic carbocycles. The first-order chi connectivity index (χ1) is 14.9. The third kappa shape index (κ3) is 3.83. The van der Waals surface area contributed by atoms with Gasteiger partial charge in [0.25, 0.3) is 5.91 Å². The molecule has 4 amide bonds. The van der Waals surface area contributed by atoms with Gasteiger partial charge in [-0.25, -0.2) is 14.8 Å². The van der Waals surface area contributed by atoms with Gasteiger partial charge in [0.05, 0.1) is 0 Å². The summed E-state index contributed by atoms with van der Waals surface area (Å²) in [4.78, 5) is 53.9. The molecular formula is C22H26N6O3. The lowest BCUT2D eigenvalue weighted by Crippen LogP contribution is -2.56. The van der Waals surface area contributed by atoms with Crippen LogP contribution in [0.4, 0.5) is 10.7 Å². The molecular weight excluding hydrogens is 396 g/mol. The van der Waals surface area contributed by atoms with E-state index in [0.717, 1.165) is 10.5 Å². The minimum absolute atomic E-state index is 0.247. The van der Waals surface area contributed by atoms with Crippen molar-refractivity contribution in [1.82, 2.24) is 24.7 Å². The van der Waals surface area contributed by atoms with Gasteiger partial charge in [-0.1, -0.05) is 30.3 Å². The number of piperidine rings is 1. The average molecular weight is 422 g/mol. The van der Waals surface area contributed by atoms with Crippen molar-refractivity contribution >= 4 is 23.8 Å². The molecule has 2 aliphatic rings. The molecule has 1 aromatic heterocycles. The fourth-order valence-electron chi connectivity index (χ4n) is 4.20. The van der Waals surface area contributed by atoms with Gasteiger partial charge in [-0.3, -0.25) is 14.5 Å². The summed E-state index contributed by atoms with van der Waals surface area (Å²) in [6.45, 7) is 1.16. The minimum Gasteiger partial charge on any atom is -0.347 e. The summed E-state index contributed by atoms with van der Waals surface area (Å²) < 4.78 is 0. The number of rotatable bonds is 5. The summed E-state index contributed by atoms with van der Waals surface area (Å²) in [6, 6.07) is 11.0. The van der Waals surface area contributed by atoms with Crippen LogP contribution in [0.2, 0.25) is 0 Å². The molecule has 162 valence electrons. The molecule has 9 heteroatoms. The van der Waals surface area contributed by atoms with E-state index >= 15 is 0 Å². The van der Waals surface area contributed by atoms with Gasteiger partial charge in [0.15, 0.2) is 0 Å². The van der Waals surface area contributed by atoms with E-state index in [9.17, 15) is 14.4 Å². The minimum atomic E-state index is -0.967. The zero-order chi connectivity index (χ0) is 22.0. The smallest absolute Gasteiger partial charge is 0.328 e. The maximum absolute atomic E-state index is 13.5. The Balaban J connectivity index is 1.61. The van der Waals surface area contributed by atoms with Crippen molar-refractivity contribution in [2.75, 3.05) is 38.6 Å². The Hall–Kier alpha value is -3.49. The fraction of sp³-hybridized carbons (Fsp3) is 0.409. The molecule has 0 radical (unpaired) electrons. The fourth-order valence-corrected chi connectivity index (χ4v) is 4.20. The first-order valence-corrected chi connectivity index (χ1v) is 10.3. The Morgan fingerprint density at radius 3 is 2.29 bits per heavy atom. The van der Waals surface area contributed by atoms with Crippen LogP contribution in [0.1, 0.15) is 18.4 Å². The number of benzene rings is 1. The van der Waals surface area contributed by atoms with Crippen LogP contribution in [-0.2, 0) is 16.1 Å². The summed E-state index contributed by atoms with van der Waals surface area (Å²) in [7, 11) is 3.23. The van der Waals surface area contributed by atoms with Crippen molar-refractivity contribution in [2.45, 2.75) is 24.9 Å². The van der Waals surface area contributed by atoms with E-state index in [1.807, 2.05) is 35.2 Å². The van der Waals surface area contributed by atoms with Crippen LogP contribution < -0.4 is 4.90 Å². The third-order valence-corrected chi connectivity index (χ3v) is 6.02. The quantitative estimate of drug-likeness (QED) is 0.676. The molecule has 0 N–H and O–H groups in total. The van der Waals surface area contributed by atoms with E-state index in [-0.39, 0.29) is 18.4 Å². The predicted octanol–water partition coefficient (Wildman–Crippen LogP) is 1.37. The van der Waals surface area contributed by atoms with Crippen LogP contribution in [0.25, 0.3) is 0 Å². The molecule has 0 bridgehead atoms. The monoisotopic (exact) mass is 422 g/mol. The SMILES string of the molecule is CN(C)C(=O)CN1C(=O)N(Cc2ccccc2)C2(CCN(c3ncccn3)CC2)C1=O. The van der Waals surface area contributed by atoms with E-state index in [2.05, 4.69) is 9.97 Å². The van der Waals surface area contributed by atoms with Crippen molar-refractivity contribution in [2.24, 2.45) is 0 Å². The molecule has 2 aliphatic heterocycles. The number of nitrogens with zero attached hydrogens (tertiary/aromatic N) is 6. The van der Waals surface area contributed by atoms with Gasteiger partial charge in [0.1, 0.15) is 12.1 Å². The lowest BCUT2D eigenvalue weighted by atomic mass is 9.85. The number of urea groups is 1. The van der Waals surface area contributed by atoms with Crippen molar-refractivity contribution in [3.05, 3.63) is 54.4 Å². The molecule has 2 aromatic rings. The Kier molecular flexibility index (Phi) is 5.58. The van der Waals surface area contributed by atoms with Gasteiger partial charge < -0.3 is 14.7 Å². The predicted molar refractivity (Wildman–Crippen MR) is 114 cm³/mol. The van der Waals surface area contributed by atoms with Crippen LogP contribution in [0.5, 0.6) is 0 Å². The largest absolute Gasteiger partial charge is 0.347 e. The number of hydrogen-bond donors (Lipinski definition) is 0. The highest BCUT2D eigenvalue weighted by Crippen LogP contribution is 2.39. The van der Waals surface area contributed by atoms with Gasteiger partial charge in [0, 0.05) is 46.1 Å². The van der Waals surface area contributed by atoms with Gasteiger partial charge in [-0.05, 0) is 24.5 Å². The van der Waals surface area contributed by atoms with Gasteiger partial charge in [-0.15, -0.1) is 0 Å². The number of carbonyl (C=O) groups is 3. The van der Waals surface area contributed by atoms with Crippen LogP contribution >= 0.6 is 0 Å². The first kappa shape index (κ1) is 20.8. The van der Waals surface area contributed by atoms with Crippen LogP contribution in [0.15, 0.2) is 48.8 Å². The van der Waals surface area contributed by atoms with Crippen LogP contribution in [0.3, 0.4) is 0 Å². The van der Waals surface area contributed by atoms with Gasteiger partial charge in [-0.2, -0.15) is 0 Å². The average Bonchev–Trinajstić information content (AvgIpc) is 2.97. The lowest BCUT2D eigenvalue weighted by Gasteiger charge is -2.42. The Morgan fingerprint density at radius 1 is 1.03 bits per heavy atom. The summed E-state index contributed by atoms with van der Waals surface area (Å²) in [5.74, 6) is 0.0363. The molecule has 1 spiro atoms. The number of carbonyl (C=O) groups excluding carboxylic acids is 3. The standard InChI is InChI=1S/C22H26N6O3/c1-25(2)18(29)16-27-19(30)22(28(21(27)31)15-17-7-4-3-5-8-17)9-13-26(14-10-22)20-23-11-6-12-24-20/h3-8,11-12H,9-10,13-16H2,1-2H3. The Morgan fingerprint density at radius 2 is 1.68 bits per heavy atom. The summed E-state index contributed by atoms with van der Waals surface area (Å²) in [5.41, 5.74) is -0.0252. The highest BCUT2D eigenvalue weighted by Gasteiger charge is 2.58. The lowest BCUT2D eigenvalue weighted by molar-refractivity contribution is -0.139. The maximum atomic E-state index is 13.5. The van der Waals surface area contributed by atoms with Gasteiger partial charge >= 0.3 is 6.03 Å².